The molecule has 194 valence electrons. The fourth-order valence-corrected chi connectivity index (χ4v) is 4.19. The Labute approximate surface area is 218 Å². The van der Waals surface area contributed by atoms with Gasteiger partial charge in [0.2, 0.25) is 5.75 Å². The number of aromatic nitrogens is 5. The smallest absolute Gasteiger partial charge is 0.434 e. The molecular formula is C23H11Cl2F4N5O4. The number of nitrogens with zero attached hydrogens (tertiary/aromatic N) is 4. The Bertz CT molecular complexity index is 1740. The molecule has 38 heavy (non-hydrogen) atoms. The Kier molecular flexibility index (Phi) is 6.12. The van der Waals surface area contributed by atoms with Crippen molar-refractivity contribution >= 4 is 23.2 Å². The van der Waals surface area contributed by atoms with Gasteiger partial charge >= 0.3 is 6.18 Å². The number of hydrogen-bond acceptors (Lipinski definition) is 7. The molecule has 0 atom stereocenters. The Hall–Kier alpha value is -4.36. The fourth-order valence-electron chi connectivity index (χ4n) is 3.75. The molecule has 5 rings (SSSR count). The average Bonchev–Trinajstić information content (AvgIpc) is 3.47. The summed E-state index contributed by atoms with van der Waals surface area (Å²) in [5.74, 6) is -4.46. The van der Waals surface area contributed by atoms with Gasteiger partial charge in [0, 0.05) is 5.02 Å². The molecule has 0 unspecified atom stereocenters. The zero-order valence-corrected chi connectivity index (χ0v) is 19.9. The molecular weight excluding hydrogens is 557 g/mol. The van der Waals surface area contributed by atoms with Crippen molar-refractivity contribution in [3.05, 3.63) is 80.6 Å². The van der Waals surface area contributed by atoms with Crippen molar-refractivity contribution in [2.45, 2.75) is 6.18 Å². The number of nitrogens with one attached hydrogen (secondary N) is 1. The quantitative estimate of drug-likeness (QED) is 0.233. The van der Waals surface area contributed by atoms with E-state index < -0.39 is 63.3 Å². The van der Waals surface area contributed by atoms with Crippen LogP contribution < -0.4 is 5.56 Å². The molecule has 3 aromatic heterocycles. The van der Waals surface area contributed by atoms with Gasteiger partial charge in [0.25, 0.3) is 11.4 Å². The van der Waals surface area contributed by atoms with Crippen LogP contribution in [0.15, 0.2) is 58.0 Å². The number of rotatable bonds is 4. The normalized spacial score (nSPS) is 11.7. The zero-order chi connectivity index (χ0) is 27.4. The second kappa shape index (κ2) is 9.19. The first-order valence-corrected chi connectivity index (χ1v) is 11.1. The number of aromatic hydroxyl groups is 2. The number of halogens is 6. The van der Waals surface area contributed by atoms with Crippen molar-refractivity contribution in [2.24, 2.45) is 0 Å². The second-order valence-electron chi connectivity index (χ2n) is 7.71. The second-order valence-corrected chi connectivity index (χ2v) is 8.56. The molecule has 0 amide bonds. The van der Waals surface area contributed by atoms with Gasteiger partial charge < -0.3 is 19.7 Å². The Morgan fingerprint density at radius 3 is 2.45 bits per heavy atom. The van der Waals surface area contributed by atoms with Crippen LogP contribution in [0.5, 0.6) is 11.6 Å². The minimum absolute atomic E-state index is 0.0386. The van der Waals surface area contributed by atoms with Gasteiger partial charge in [0.15, 0.2) is 17.3 Å². The maximum Gasteiger partial charge on any atom is 0.434 e. The van der Waals surface area contributed by atoms with E-state index in [1.807, 2.05) is 0 Å². The van der Waals surface area contributed by atoms with Gasteiger partial charge in [0.05, 0.1) is 33.6 Å². The van der Waals surface area contributed by atoms with Gasteiger partial charge in [-0.25, -0.2) is 9.07 Å². The van der Waals surface area contributed by atoms with E-state index in [-0.39, 0.29) is 21.3 Å². The summed E-state index contributed by atoms with van der Waals surface area (Å²) in [5, 5.41) is 27.1. The van der Waals surface area contributed by atoms with Crippen molar-refractivity contribution in [1.82, 2.24) is 24.9 Å². The van der Waals surface area contributed by atoms with Gasteiger partial charge in [-0.15, -0.1) is 0 Å². The maximum atomic E-state index is 14.8. The molecule has 0 aliphatic heterocycles. The summed E-state index contributed by atoms with van der Waals surface area (Å²) in [6, 6.07) is 9.05. The lowest BCUT2D eigenvalue weighted by atomic mass is 10.0. The predicted molar refractivity (Wildman–Crippen MR) is 127 cm³/mol. The van der Waals surface area contributed by atoms with E-state index in [1.54, 1.807) is 0 Å². The lowest BCUT2D eigenvalue weighted by Crippen LogP contribution is -2.14. The lowest BCUT2D eigenvalue weighted by molar-refractivity contribution is -0.142. The summed E-state index contributed by atoms with van der Waals surface area (Å²) in [4.78, 5) is 17.9. The molecule has 3 heterocycles. The van der Waals surface area contributed by atoms with Crippen molar-refractivity contribution in [2.75, 3.05) is 0 Å². The molecule has 0 bridgehead atoms. The van der Waals surface area contributed by atoms with Crippen LogP contribution in [-0.2, 0) is 6.18 Å². The van der Waals surface area contributed by atoms with Crippen LogP contribution in [-0.4, -0.2) is 35.1 Å². The van der Waals surface area contributed by atoms with Crippen LogP contribution in [0.3, 0.4) is 0 Å². The third-order valence-electron chi connectivity index (χ3n) is 5.34. The largest absolute Gasteiger partial charge is 0.499 e. The van der Waals surface area contributed by atoms with E-state index in [9.17, 15) is 32.6 Å². The number of H-pyrrole nitrogens is 1. The minimum atomic E-state index is -5.02. The lowest BCUT2D eigenvalue weighted by Gasteiger charge is -2.13. The summed E-state index contributed by atoms with van der Waals surface area (Å²) in [7, 11) is 0. The summed E-state index contributed by atoms with van der Waals surface area (Å²) in [6.07, 6.45) is -4.20. The van der Waals surface area contributed by atoms with E-state index in [4.69, 9.17) is 27.7 Å². The summed E-state index contributed by atoms with van der Waals surface area (Å²) < 4.78 is 63.9. The topological polar surface area (TPSA) is 130 Å². The molecule has 0 spiro atoms. The standard InChI is InChI=1S/C23H11Cl2F4N5O4/c24-9-3-1-4-10(7-9)34-19(23(27,28)29)11(8-30-34)18-15(20-31-21(36)17(35)22(37)32-20)16(33-38-18)14-12(25)5-2-6-13(14)26/h1-8,35H,(H2,31,32,36,37). The van der Waals surface area contributed by atoms with Gasteiger partial charge in [0.1, 0.15) is 11.5 Å². The van der Waals surface area contributed by atoms with E-state index >= 15 is 0 Å². The highest BCUT2D eigenvalue weighted by Crippen LogP contribution is 2.46. The van der Waals surface area contributed by atoms with E-state index in [2.05, 4.69) is 20.2 Å². The molecule has 15 heteroatoms. The van der Waals surface area contributed by atoms with Gasteiger partial charge in [-0.1, -0.05) is 40.5 Å². The summed E-state index contributed by atoms with van der Waals surface area (Å²) in [5.41, 5.74) is -4.58. The van der Waals surface area contributed by atoms with Crippen LogP contribution in [0.2, 0.25) is 10.0 Å². The van der Waals surface area contributed by atoms with Crippen molar-refractivity contribution in [3.8, 4) is 51.3 Å². The number of aromatic amines is 1. The van der Waals surface area contributed by atoms with Crippen molar-refractivity contribution < 1.29 is 32.3 Å². The number of alkyl halides is 3. The van der Waals surface area contributed by atoms with Gasteiger partial charge in [-0.3, -0.25) is 4.79 Å². The van der Waals surface area contributed by atoms with Crippen molar-refractivity contribution in [1.29, 1.82) is 0 Å². The fraction of sp³-hybridized carbons (Fsp3) is 0.0435. The third-order valence-corrected chi connectivity index (χ3v) is 5.89. The van der Waals surface area contributed by atoms with Crippen LogP contribution >= 0.6 is 23.2 Å². The van der Waals surface area contributed by atoms with E-state index in [0.29, 0.717) is 4.68 Å². The molecule has 0 radical (unpaired) electrons. The highest BCUT2D eigenvalue weighted by molar-refractivity contribution is 6.33. The van der Waals surface area contributed by atoms with E-state index in [0.717, 1.165) is 12.3 Å². The average molecular weight is 568 g/mol. The molecule has 0 saturated carbocycles. The molecule has 0 aliphatic rings. The van der Waals surface area contributed by atoms with Crippen LogP contribution in [0.1, 0.15) is 5.69 Å². The molecule has 2 aromatic carbocycles. The van der Waals surface area contributed by atoms with E-state index in [1.165, 1.54) is 36.4 Å². The van der Waals surface area contributed by atoms with Crippen LogP contribution in [0.4, 0.5) is 17.6 Å². The summed E-state index contributed by atoms with van der Waals surface area (Å²) >= 11 is 12.1. The van der Waals surface area contributed by atoms with Crippen LogP contribution in [0, 0.1) is 5.82 Å². The Balaban J connectivity index is 1.86. The number of benzene rings is 2. The first-order valence-electron chi connectivity index (χ1n) is 10.4. The van der Waals surface area contributed by atoms with Crippen LogP contribution in [0.25, 0.3) is 39.7 Å². The van der Waals surface area contributed by atoms with Gasteiger partial charge in [-0.2, -0.15) is 23.3 Å². The molecule has 3 N–H and O–H groups in total. The monoisotopic (exact) mass is 567 g/mol. The third kappa shape index (κ3) is 4.25. The summed E-state index contributed by atoms with van der Waals surface area (Å²) in [6.45, 7) is 0. The SMILES string of the molecule is O=c1[nH]c(-c2c(-c3c(F)cccc3Cl)noc2-c2cnn(-c3cccc(Cl)c3)c2C(F)(F)F)nc(O)c1O. The minimum Gasteiger partial charge on any atom is -0.499 e. The molecule has 9 nitrogen and oxygen atoms in total. The molecule has 0 fully saturated rings. The molecule has 0 aliphatic carbocycles. The Morgan fingerprint density at radius 2 is 1.79 bits per heavy atom. The zero-order valence-electron chi connectivity index (χ0n) is 18.4. The van der Waals surface area contributed by atoms with Crippen molar-refractivity contribution in [3.63, 3.8) is 0 Å². The highest BCUT2D eigenvalue weighted by atomic mass is 35.5. The maximum absolute atomic E-state index is 14.8. The molecule has 5 aromatic rings. The van der Waals surface area contributed by atoms with Gasteiger partial charge in [-0.05, 0) is 30.3 Å². The predicted octanol–water partition coefficient (Wildman–Crippen LogP) is 5.82. The first-order chi connectivity index (χ1) is 18.0. The Morgan fingerprint density at radius 1 is 1.05 bits per heavy atom. The highest BCUT2D eigenvalue weighted by Gasteiger charge is 2.42. The molecule has 0 saturated heterocycles. The number of hydrogen-bond donors (Lipinski definition) is 3. The first kappa shape index (κ1) is 25.3.